The Hall–Kier alpha value is -1.60. The van der Waals surface area contributed by atoms with Crippen molar-refractivity contribution >= 4 is 23.4 Å². The van der Waals surface area contributed by atoms with Crippen LogP contribution in [0.15, 0.2) is 24.3 Å². The lowest BCUT2D eigenvalue weighted by molar-refractivity contribution is -0.384. The molecular formula is C16H23N3O3S. The van der Waals surface area contributed by atoms with Crippen molar-refractivity contribution in [3.8, 4) is 0 Å². The Bertz CT molecular complexity index is 546. The normalized spacial score (nSPS) is 18.0. The van der Waals surface area contributed by atoms with Gasteiger partial charge in [-0.3, -0.25) is 14.9 Å². The van der Waals surface area contributed by atoms with Gasteiger partial charge in [-0.15, -0.1) is 11.8 Å². The molecule has 1 atom stereocenters. The molecule has 2 rings (SSSR count). The average molecular weight is 337 g/mol. The van der Waals surface area contributed by atoms with Gasteiger partial charge in [0, 0.05) is 18.7 Å². The standard InChI is InChI=1S/C16H23N3O3S/c1-3-17(4-2)10-5-11-18-15(20)12-23-16(18)13-6-8-14(9-7-13)19(21)22/h6-9,16H,3-5,10-12H2,1-2H3/t16-/m1/s1. The summed E-state index contributed by atoms with van der Waals surface area (Å²) in [6, 6.07) is 6.52. The summed E-state index contributed by atoms with van der Waals surface area (Å²) in [4.78, 5) is 26.7. The molecule has 0 N–H and O–H groups in total. The first-order chi connectivity index (χ1) is 11.1. The molecule has 1 fully saturated rings. The molecule has 0 spiro atoms. The van der Waals surface area contributed by atoms with Crippen LogP contribution in [0.25, 0.3) is 0 Å². The Morgan fingerprint density at radius 3 is 2.52 bits per heavy atom. The van der Waals surface area contributed by atoms with Gasteiger partial charge < -0.3 is 9.80 Å². The summed E-state index contributed by atoms with van der Waals surface area (Å²) in [6.45, 7) is 8.02. The summed E-state index contributed by atoms with van der Waals surface area (Å²) in [5.74, 6) is 0.630. The molecule has 1 aliphatic heterocycles. The SMILES string of the molecule is CCN(CC)CCCN1C(=O)CS[C@@H]1c1ccc([N+](=O)[O-])cc1. The van der Waals surface area contributed by atoms with Crippen LogP contribution in [-0.4, -0.2) is 52.6 Å². The molecule has 0 radical (unpaired) electrons. The second-order valence-corrected chi connectivity index (χ2v) is 6.55. The van der Waals surface area contributed by atoms with E-state index in [2.05, 4.69) is 18.7 Å². The Balaban J connectivity index is 2.00. The number of carbonyl (C=O) groups excluding carboxylic acids is 1. The molecule has 23 heavy (non-hydrogen) atoms. The molecule has 1 heterocycles. The predicted octanol–water partition coefficient (Wildman–Crippen LogP) is 2.90. The lowest BCUT2D eigenvalue weighted by Gasteiger charge is -2.26. The third-order valence-electron chi connectivity index (χ3n) is 4.12. The number of amides is 1. The highest BCUT2D eigenvalue weighted by atomic mass is 32.2. The van der Waals surface area contributed by atoms with E-state index < -0.39 is 4.92 Å². The van der Waals surface area contributed by atoms with Crippen LogP contribution >= 0.6 is 11.8 Å². The van der Waals surface area contributed by atoms with Gasteiger partial charge in [-0.05, 0) is 43.8 Å². The number of carbonyl (C=O) groups is 1. The summed E-state index contributed by atoms with van der Waals surface area (Å²) in [5.41, 5.74) is 1.03. The minimum atomic E-state index is -0.404. The summed E-state index contributed by atoms with van der Waals surface area (Å²) >= 11 is 1.59. The zero-order chi connectivity index (χ0) is 16.8. The fraction of sp³-hybridized carbons (Fsp3) is 0.562. The van der Waals surface area contributed by atoms with Crippen LogP contribution in [0.2, 0.25) is 0 Å². The Labute approximate surface area is 141 Å². The van der Waals surface area contributed by atoms with Crippen molar-refractivity contribution in [2.75, 3.05) is 31.9 Å². The van der Waals surface area contributed by atoms with Crippen molar-refractivity contribution in [2.24, 2.45) is 0 Å². The van der Waals surface area contributed by atoms with E-state index in [1.807, 2.05) is 4.90 Å². The van der Waals surface area contributed by atoms with Gasteiger partial charge in [0.15, 0.2) is 0 Å². The van der Waals surface area contributed by atoms with E-state index in [1.165, 1.54) is 12.1 Å². The van der Waals surface area contributed by atoms with Gasteiger partial charge in [0.25, 0.3) is 5.69 Å². The van der Waals surface area contributed by atoms with Crippen molar-refractivity contribution in [1.82, 2.24) is 9.80 Å². The summed E-state index contributed by atoms with van der Waals surface area (Å²) in [7, 11) is 0. The van der Waals surface area contributed by atoms with Crippen molar-refractivity contribution in [2.45, 2.75) is 25.6 Å². The van der Waals surface area contributed by atoms with Crippen molar-refractivity contribution in [3.63, 3.8) is 0 Å². The van der Waals surface area contributed by atoms with Crippen molar-refractivity contribution in [1.29, 1.82) is 0 Å². The number of non-ortho nitro benzene ring substituents is 1. The molecule has 0 unspecified atom stereocenters. The molecule has 0 aromatic heterocycles. The van der Waals surface area contributed by atoms with Crippen molar-refractivity contribution in [3.05, 3.63) is 39.9 Å². The van der Waals surface area contributed by atoms with Crippen LogP contribution in [0.4, 0.5) is 5.69 Å². The first-order valence-electron chi connectivity index (χ1n) is 7.94. The van der Waals surface area contributed by atoms with E-state index >= 15 is 0 Å². The van der Waals surface area contributed by atoms with Gasteiger partial charge in [-0.25, -0.2) is 0 Å². The van der Waals surface area contributed by atoms with Gasteiger partial charge >= 0.3 is 0 Å². The molecular weight excluding hydrogens is 314 g/mol. The number of nitrogens with zero attached hydrogens (tertiary/aromatic N) is 3. The zero-order valence-corrected chi connectivity index (χ0v) is 14.4. The second-order valence-electron chi connectivity index (χ2n) is 5.48. The van der Waals surface area contributed by atoms with Crippen LogP contribution in [0.5, 0.6) is 0 Å². The van der Waals surface area contributed by atoms with E-state index in [0.29, 0.717) is 5.75 Å². The molecule has 1 aliphatic rings. The lowest BCUT2D eigenvalue weighted by Crippen LogP contribution is -2.32. The summed E-state index contributed by atoms with van der Waals surface area (Å²) in [6.07, 6.45) is 0.942. The minimum absolute atomic E-state index is 0.0278. The highest BCUT2D eigenvalue weighted by Gasteiger charge is 2.32. The molecule has 1 saturated heterocycles. The summed E-state index contributed by atoms with van der Waals surface area (Å²) < 4.78 is 0. The molecule has 7 heteroatoms. The first-order valence-corrected chi connectivity index (χ1v) is 8.99. The zero-order valence-electron chi connectivity index (χ0n) is 13.6. The molecule has 1 aromatic rings. The maximum atomic E-state index is 12.1. The molecule has 0 saturated carbocycles. The highest BCUT2D eigenvalue weighted by Crippen LogP contribution is 2.39. The van der Waals surface area contributed by atoms with E-state index in [4.69, 9.17) is 0 Å². The predicted molar refractivity (Wildman–Crippen MR) is 92.4 cm³/mol. The summed E-state index contributed by atoms with van der Waals surface area (Å²) in [5, 5.41) is 10.7. The van der Waals surface area contributed by atoms with Crippen LogP contribution in [0.1, 0.15) is 31.2 Å². The van der Waals surface area contributed by atoms with Gasteiger partial charge in [0.05, 0.1) is 10.7 Å². The quantitative estimate of drug-likeness (QED) is 0.539. The van der Waals surface area contributed by atoms with Crippen LogP contribution in [0, 0.1) is 10.1 Å². The number of nitro groups is 1. The molecule has 1 amide bonds. The van der Waals surface area contributed by atoms with Crippen LogP contribution in [-0.2, 0) is 4.79 Å². The van der Waals surface area contributed by atoms with Crippen LogP contribution in [0.3, 0.4) is 0 Å². The number of hydrogen-bond donors (Lipinski definition) is 0. The van der Waals surface area contributed by atoms with Gasteiger partial charge in [-0.2, -0.15) is 0 Å². The number of rotatable bonds is 8. The average Bonchev–Trinajstić information content (AvgIpc) is 2.92. The minimum Gasteiger partial charge on any atom is -0.326 e. The lowest BCUT2D eigenvalue weighted by atomic mass is 10.2. The fourth-order valence-electron chi connectivity index (χ4n) is 2.74. The van der Waals surface area contributed by atoms with Gasteiger partial charge in [-0.1, -0.05) is 13.8 Å². The number of nitro benzene ring substituents is 1. The fourth-order valence-corrected chi connectivity index (χ4v) is 3.96. The van der Waals surface area contributed by atoms with Crippen LogP contribution < -0.4 is 0 Å². The molecule has 126 valence electrons. The number of benzene rings is 1. The highest BCUT2D eigenvalue weighted by molar-refractivity contribution is 8.00. The molecule has 6 nitrogen and oxygen atoms in total. The largest absolute Gasteiger partial charge is 0.326 e. The van der Waals surface area contributed by atoms with E-state index in [9.17, 15) is 14.9 Å². The smallest absolute Gasteiger partial charge is 0.269 e. The third kappa shape index (κ3) is 4.45. The monoisotopic (exact) mass is 337 g/mol. The van der Waals surface area contributed by atoms with E-state index in [1.54, 1.807) is 23.9 Å². The Morgan fingerprint density at radius 2 is 1.96 bits per heavy atom. The van der Waals surface area contributed by atoms with E-state index in [0.717, 1.165) is 38.2 Å². The molecule has 0 aliphatic carbocycles. The van der Waals surface area contributed by atoms with Crippen molar-refractivity contribution < 1.29 is 9.72 Å². The Morgan fingerprint density at radius 1 is 1.30 bits per heavy atom. The Kier molecular flexibility index (Phi) is 6.41. The van der Waals surface area contributed by atoms with E-state index in [-0.39, 0.29) is 17.0 Å². The molecule has 0 bridgehead atoms. The van der Waals surface area contributed by atoms with Gasteiger partial charge in [0.2, 0.25) is 5.91 Å². The number of thioether (sulfide) groups is 1. The maximum Gasteiger partial charge on any atom is 0.269 e. The van der Waals surface area contributed by atoms with Gasteiger partial charge in [0.1, 0.15) is 5.37 Å². The topological polar surface area (TPSA) is 66.7 Å². The third-order valence-corrected chi connectivity index (χ3v) is 5.38. The number of hydrogen-bond acceptors (Lipinski definition) is 5. The maximum absolute atomic E-state index is 12.1. The second kappa shape index (κ2) is 8.31. The molecule has 1 aromatic carbocycles. The first kappa shape index (κ1) is 17.7.